The first-order valence-electron chi connectivity index (χ1n) is 10.2. The van der Waals surface area contributed by atoms with E-state index in [1.54, 1.807) is 0 Å². The average molecular weight is 374 g/mol. The Morgan fingerprint density at radius 2 is 1.52 bits per heavy atom. The van der Waals surface area contributed by atoms with Crippen LogP contribution in [0.5, 0.6) is 0 Å². The zero-order valence-electron chi connectivity index (χ0n) is 16.3. The van der Waals surface area contributed by atoms with E-state index in [1.807, 2.05) is 6.92 Å². The van der Waals surface area contributed by atoms with Gasteiger partial charge in [-0.2, -0.15) is 0 Å². The van der Waals surface area contributed by atoms with Crippen molar-refractivity contribution in [1.29, 1.82) is 0 Å². The van der Waals surface area contributed by atoms with E-state index in [0.29, 0.717) is 17.9 Å². The van der Waals surface area contributed by atoms with E-state index in [-0.39, 0.29) is 5.92 Å². The molecule has 0 spiro atoms. The van der Waals surface area contributed by atoms with Crippen molar-refractivity contribution < 1.29 is 13.2 Å². The second kappa shape index (κ2) is 8.95. The molecule has 1 aliphatic carbocycles. The van der Waals surface area contributed by atoms with Crippen molar-refractivity contribution in [3.05, 3.63) is 70.5 Å². The van der Waals surface area contributed by atoms with Crippen LogP contribution in [0.1, 0.15) is 80.9 Å². The van der Waals surface area contributed by atoms with Gasteiger partial charge in [0.15, 0.2) is 17.5 Å². The minimum atomic E-state index is -1.40. The molecule has 0 saturated heterocycles. The van der Waals surface area contributed by atoms with Crippen LogP contribution in [-0.4, -0.2) is 0 Å². The van der Waals surface area contributed by atoms with E-state index in [2.05, 4.69) is 31.2 Å². The minimum Gasteiger partial charge on any atom is -0.204 e. The third-order valence-corrected chi connectivity index (χ3v) is 6.11. The number of benzene rings is 2. The molecule has 0 radical (unpaired) electrons. The summed E-state index contributed by atoms with van der Waals surface area (Å²) in [6, 6.07) is 10.9. The fourth-order valence-electron chi connectivity index (χ4n) is 4.45. The lowest BCUT2D eigenvalue weighted by Crippen LogP contribution is -2.13. The summed E-state index contributed by atoms with van der Waals surface area (Å²) >= 11 is 0. The molecular formula is C24H29F3. The van der Waals surface area contributed by atoms with Gasteiger partial charge in [-0.05, 0) is 78.7 Å². The molecule has 0 nitrogen and oxygen atoms in total. The lowest BCUT2D eigenvalue weighted by molar-refractivity contribution is 0.308. The third-order valence-electron chi connectivity index (χ3n) is 6.11. The van der Waals surface area contributed by atoms with Gasteiger partial charge in [0.2, 0.25) is 0 Å². The molecule has 0 bridgehead atoms. The number of hydrogen-bond donors (Lipinski definition) is 0. The van der Waals surface area contributed by atoms with E-state index >= 15 is 0 Å². The molecule has 0 aromatic heterocycles. The Kier molecular flexibility index (Phi) is 6.62. The maximum absolute atomic E-state index is 13.5. The second-order valence-electron chi connectivity index (χ2n) is 8.15. The van der Waals surface area contributed by atoms with Crippen molar-refractivity contribution in [2.24, 2.45) is 5.92 Å². The zero-order chi connectivity index (χ0) is 19.4. The van der Waals surface area contributed by atoms with E-state index in [1.165, 1.54) is 44.1 Å². The van der Waals surface area contributed by atoms with Gasteiger partial charge >= 0.3 is 0 Å². The molecule has 3 rings (SSSR count). The Bertz CT molecular complexity index is 720. The van der Waals surface area contributed by atoms with Crippen molar-refractivity contribution in [2.45, 2.75) is 70.6 Å². The Labute approximate surface area is 160 Å². The molecule has 27 heavy (non-hydrogen) atoms. The van der Waals surface area contributed by atoms with Crippen LogP contribution in [-0.2, 0) is 6.42 Å². The van der Waals surface area contributed by atoms with Gasteiger partial charge in [0.05, 0.1) is 0 Å². The normalized spacial score (nSPS) is 21.2. The zero-order valence-corrected chi connectivity index (χ0v) is 16.3. The fourth-order valence-corrected chi connectivity index (χ4v) is 4.45. The Morgan fingerprint density at radius 3 is 2.07 bits per heavy atom. The molecule has 0 heterocycles. The van der Waals surface area contributed by atoms with Gasteiger partial charge < -0.3 is 0 Å². The fraction of sp³-hybridized carbons (Fsp3) is 0.500. The van der Waals surface area contributed by atoms with Crippen molar-refractivity contribution in [1.82, 2.24) is 0 Å². The highest BCUT2D eigenvalue weighted by Gasteiger charge is 2.22. The van der Waals surface area contributed by atoms with Crippen LogP contribution in [0.25, 0.3) is 0 Å². The van der Waals surface area contributed by atoms with Crippen LogP contribution < -0.4 is 0 Å². The highest BCUT2D eigenvalue weighted by atomic mass is 19.2. The average Bonchev–Trinajstić information content (AvgIpc) is 2.67. The van der Waals surface area contributed by atoms with Gasteiger partial charge in [0.25, 0.3) is 0 Å². The van der Waals surface area contributed by atoms with Crippen molar-refractivity contribution in [2.75, 3.05) is 0 Å². The Balaban J connectivity index is 1.61. The van der Waals surface area contributed by atoms with Crippen LogP contribution in [0.2, 0.25) is 0 Å². The van der Waals surface area contributed by atoms with Gasteiger partial charge in [-0.15, -0.1) is 0 Å². The van der Waals surface area contributed by atoms with Crippen LogP contribution in [0.3, 0.4) is 0 Å². The molecule has 1 saturated carbocycles. The maximum atomic E-state index is 13.5. The van der Waals surface area contributed by atoms with Crippen LogP contribution in [0.15, 0.2) is 36.4 Å². The summed E-state index contributed by atoms with van der Waals surface area (Å²) in [5, 5.41) is 0. The maximum Gasteiger partial charge on any atom is 0.194 e. The lowest BCUT2D eigenvalue weighted by atomic mass is 9.77. The molecule has 146 valence electrons. The molecule has 2 aromatic rings. The van der Waals surface area contributed by atoms with E-state index < -0.39 is 17.5 Å². The summed E-state index contributed by atoms with van der Waals surface area (Å²) in [6.07, 6.45) is 8.52. The number of hydrogen-bond acceptors (Lipinski definition) is 0. The highest BCUT2D eigenvalue weighted by molar-refractivity contribution is 5.29. The van der Waals surface area contributed by atoms with E-state index in [9.17, 15) is 13.2 Å². The van der Waals surface area contributed by atoms with Gasteiger partial charge in [-0.25, -0.2) is 13.2 Å². The van der Waals surface area contributed by atoms with Gasteiger partial charge in [0, 0.05) is 0 Å². The quantitative estimate of drug-likeness (QED) is 0.459. The molecule has 0 aliphatic heterocycles. The van der Waals surface area contributed by atoms with Crippen molar-refractivity contribution in [3.63, 3.8) is 0 Å². The molecule has 1 aliphatic rings. The highest BCUT2D eigenvalue weighted by Crippen LogP contribution is 2.37. The molecule has 1 fully saturated rings. The standard InChI is InChI=1S/C24H29F3/c1-3-4-17-5-9-19(10-6-17)20-11-7-18(8-12-20)13-16(2)21-14-22(25)24(27)23(26)15-21/h7-8,11-12,14-17,19H,3-6,9-10,13H2,1-2H3/t16-,17?,19?/m1/s1. The Morgan fingerprint density at radius 1 is 0.926 bits per heavy atom. The molecule has 1 atom stereocenters. The number of halogens is 3. The van der Waals surface area contributed by atoms with Gasteiger partial charge in [0.1, 0.15) is 0 Å². The first kappa shape index (κ1) is 20.0. The summed E-state index contributed by atoms with van der Waals surface area (Å²) in [7, 11) is 0. The predicted octanol–water partition coefficient (Wildman–Crippen LogP) is 7.52. The molecule has 2 aromatic carbocycles. The predicted molar refractivity (Wildman–Crippen MR) is 104 cm³/mol. The smallest absolute Gasteiger partial charge is 0.194 e. The first-order chi connectivity index (χ1) is 13.0. The second-order valence-corrected chi connectivity index (χ2v) is 8.15. The minimum absolute atomic E-state index is 0.0788. The van der Waals surface area contributed by atoms with E-state index in [4.69, 9.17) is 0 Å². The summed E-state index contributed by atoms with van der Waals surface area (Å²) in [5.41, 5.74) is 3.03. The van der Waals surface area contributed by atoms with E-state index in [0.717, 1.165) is 23.6 Å². The van der Waals surface area contributed by atoms with Crippen molar-refractivity contribution >= 4 is 0 Å². The lowest BCUT2D eigenvalue weighted by Gasteiger charge is -2.28. The van der Waals surface area contributed by atoms with Crippen LogP contribution >= 0.6 is 0 Å². The Hall–Kier alpha value is -1.77. The largest absolute Gasteiger partial charge is 0.204 e. The van der Waals surface area contributed by atoms with Gasteiger partial charge in [-0.1, -0.05) is 51.0 Å². The summed E-state index contributed by atoms with van der Waals surface area (Å²) in [5.74, 6) is -2.15. The monoisotopic (exact) mass is 374 g/mol. The third kappa shape index (κ3) is 4.94. The number of rotatable bonds is 6. The summed E-state index contributed by atoms with van der Waals surface area (Å²) in [6.45, 7) is 4.18. The van der Waals surface area contributed by atoms with Crippen molar-refractivity contribution in [3.8, 4) is 0 Å². The molecule has 0 N–H and O–H groups in total. The van der Waals surface area contributed by atoms with Crippen LogP contribution in [0.4, 0.5) is 13.2 Å². The summed E-state index contributed by atoms with van der Waals surface area (Å²) < 4.78 is 40.1. The first-order valence-corrected chi connectivity index (χ1v) is 10.2. The summed E-state index contributed by atoms with van der Waals surface area (Å²) in [4.78, 5) is 0. The molecule has 0 amide bonds. The van der Waals surface area contributed by atoms with Gasteiger partial charge in [-0.3, -0.25) is 0 Å². The topological polar surface area (TPSA) is 0 Å². The molecule has 3 heteroatoms. The molecular weight excluding hydrogens is 345 g/mol. The van der Waals surface area contributed by atoms with Crippen LogP contribution in [0, 0.1) is 23.4 Å². The SMILES string of the molecule is CCCC1CCC(c2ccc(C[C@@H](C)c3cc(F)c(F)c(F)c3)cc2)CC1. The molecule has 0 unspecified atom stereocenters.